The van der Waals surface area contributed by atoms with Crippen molar-refractivity contribution in [2.75, 3.05) is 6.61 Å². The van der Waals surface area contributed by atoms with Gasteiger partial charge in [-0.3, -0.25) is 9.59 Å². The van der Waals surface area contributed by atoms with Crippen molar-refractivity contribution in [3.05, 3.63) is 35.9 Å². The summed E-state index contributed by atoms with van der Waals surface area (Å²) in [4.78, 5) is 38.2. The van der Waals surface area contributed by atoms with Crippen LogP contribution < -0.4 is 5.32 Å². The molecule has 27 heavy (non-hydrogen) atoms. The molecule has 7 nitrogen and oxygen atoms in total. The molecule has 0 spiro atoms. The molecule has 150 valence electrons. The minimum atomic E-state index is -0.884. The Balaban J connectivity index is 2.93. The maximum Gasteiger partial charge on any atom is 0.328 e. The topological polar surface area (TPSA) is 95.9 Å². The number of hydrogen-bond acceptors (Lipinski definition) is 5. The van der Waals surface area contributed by atoms with E-state index < -0.39 is 35.6 Å². The fourth-order valence-corrected chi connectivity index (χ4v) is 2.70. The van der Waals surface area contributed by atoms with Gasteiger partial charge in [-0.15, -0.1) is 0 Å². The Labute approximate surface area is 160 Å². The smallest absolute Gasteiger partial charge is 0.328 e. The van der Waals surface area contributed by atoms with E-state index in [1.165, 1.54) is 18.7 Å². The molecule has 0 saturated carbocycles. The number of aliphatic hydroxyl groups is 1. The molecule has 0 radical (unpaired) electrons. The van der Waals surface area contributed by atoms with Crippen LogP contribution in [-0.2, 0) is 19.1 Å². The van der Waals surface area contributed by atoms with Gasteiger partial charge in [-0.05, 0) is 40.2 Å². The van der Waals surface area contributed by atoms with Gasteiger partial charge in [0.25, 0.3) is 0 Å². The minimum absolute atomic E-state index is 0.331. The fourth-order valence-electron chi connectivity index (χ4n) is 2.70. The zero-order chi connectivity index (χ0) is 20.8. The largest absolute Gasteiger partial charge is 0.458 e. The van der Waals surface area contributed by atoms with Crippen molar-refractivity contribution in [2.24, 2.45) is 0 Å². The molecule has 2 amide bonds. The Morgan fingerprint density at radius 2 is 1.70 bits per heavy atom. The van der Waals surface area contributed by atoms with E-state index in [4.69, 9.17) is 4.74 Å². The van der Waals surface area contributed by atoms with Gasteiger partial charge in [-0.25, -0.2) is 4.79 Å². The first-order valence-corrected chi connectivity index (χ1v) is 8.96. The lowest BCUT2D eigenvalue weighted by Gasteiger charge is -2.35. The molecule has 0 aromatic heterocycles. The highest BCUT2D eigenvalue weighted by atomic mass is 16.6. The van der Waals surface area contributed by atoms with Crippen LogP contribution in [0.15, 0.2) is 30.3 Å². The molecule has 1 rings (SSSR count). The van der Waals surface area contributed by atoms with Crippen molar-refractivity contribution in [1.29, 1.82) is 0 Å². The van der Waals surface area contributed by atoms with Crippen LogP contribution in [0.1, 0.15) is 53.1 Å². The second-order valence-corrected chi connectivity index (χ2v) is 7.48. The van der Waals surface area contributed by atoms with Gasteiger partial charge in [0.2, 0.25) is 11.8 Å². The van der Waals surface area contributed by atoms with Gasteiger partial charge in [0.15, 0.2) is 0 Å². The van der Waals surface area contributed by atoms with Crippen molar-refractivity contribution in [2.45, 2.75) is 65.3 Å². The highest BCUT2D eigenvalue weighted by molar-refractivity contribution is 5.90. The van der Waals surface area contributed by atoms with Crippen LogP contribution in [0.4, 0.5) is 0 Å². The van der Waals surface area contributed by atoms with Crippen molar-refractivity contribution in [3.8, 4) is 0 Å². The van der Waals surface area contributed by atoms with E-state index in [1.807, 2.05) is 6.07 Å². The van der Waals surface area contributed by atoms with Gasteiger partial charge in [0.1, 0.15) is 17.7 Å². The first kappa shape index (κ1) is 22.6. The van der Waals surface area contributed by atoms with Crippen LogP contribution in [0, 0.1) is 0 Å². The van der Waals surface area contributed by atoms with Crippen LogP contribution in [0.2, 0.25) is 0 Å². The lowest BCUT2D eigenvalue weighted by Crippen LogP contribution is -2.53. The predicted octanol–water partition coefficient (Wildman–Crippen LogP) is 1.80. The number of benzene rings is 1. The Bertz CT molecular complexity index is 654. The number of hydrogen-bond donors (Lipinski definition) is 2. The summed E-state index contributed by atoms with van der Waals surface area (Å²) in [5.74, 6) is -1.41. The first-order chi connectivity index (χ1) is 12.5. The van der Waals surface area contributed by atoms with E-state index in [0.29, 0.717) is 0 Å². The Hall–Kier alpha value is -2.41. The Morgan fingerprint density at radius 3 is 2.15 bits per heavy atom. The monoisotopic (exact) mass is 378 g/mol. The third kappa shape index (κ3) is 6.67. The molecule has 1 aromatic rings. The van der Waals surface area contributed by atoms with Crippen molar-refractivity contribution in [3.63, 3.8) is 0 Å². The molecule has 0 heterocycles. The highest BCUT2D eigenvalue weighted by Gasteiger charge is 2.32. The van der Waals surface area contributed by atoms with Crippen molar-refractivity contribution < 1.29 is 24.2 Å². The van der Waals surface area contributed by atoms with Crippen LogP contribution in [-0.4, -0.2) is 52.1 Å². The van der Waals surface area contributed by atoms with Crippen LogP contribution >= 0.6 is 0 Å². The average molecular weight is 378 g/mol. The molecular formula is C20H30N2O5. The lowest BCUT2D eigenvalue weighted by atomic mass is 10.0. The van der Waals surface area contributed by atoms with Crippen molar-refractivity contribution >= 4 is 17.8 Å². The van der Waals surface area contributed by atoms with Gasteiger partial charge < -0.3 is 20.1 Å². The molecular weight excluding hydrogens is 348 g/mol. The molecule has 1 unspecified atom stereocenters. The highest BCUT2D eigenvalue weighted by Crippen LogP contribution is 2.23. The summed E-state index contributed by atoms with van der Waals surface area (Å²) in [5.41, 5.74) is 0.0533. The number of ether oxygens (including phenoxy) is 1. The quantitative estimate of drug-likeness (QED) is 0.706. The Kier molecular flexibility index (Phi) is 7.97. The number of aliphatic hydroxyl groups excluding tert-OH is 1. The number of amides is 2. The molecule has 2 N–H and O–H groups in total. The number of carbonyl (C=O) groups is 3. The molecule has 0 saturated heterocycles. The third-order valence-electron chi connectivity index (χ3n) is 3.97. The maximum absolute atomic E-state index is 12.6. The van der Waals surface area contributed by atoms with E-state index in [1.54, 1.807) is 52.0 Å². The average Bonchev–Trinajstić information content (AvgIpc) is 2.57. The summed E-state index contributed by atoms with van der Waals surface area (Å²) in [6, 6.07) is 6.57. The minimum Gasteiger partial charge on any atom is -0.458 e. The zero-order valence-corrected chi connectivity index (χ0v) is 16.9. The van der Waals surface area contributed by atoms with Gasteiger partial charge in [0, 0.05) is 6.92 Å². The molecule has 0 bridgehead atoms. The van der Waals surface area contributed by atoms with E-state index in [2.05, 4.69) is 5.32 Å². The summed E-state index contributed by atoms with van der Waals surface area (Å²) in [5, 5.41) is 12.4. The second kappa shape index (κ2) is 9.50. The summed E-state index contributed by atoms with van der Waals surface area (Å²) < 4.78 is 5.25. The maximum atomic E-state index is 12.6. The van der Waals surface area contributed by atoms with Gasteiger partial charge in [0.05, 0.1) is 12.6 Å². The van der Waals surface area contributed by atoms with Gasteiger partial charge in [-0.2, -0.15) is 0 Å². The summed E-state index contributed by atoms with van der Waals surface area (Å²) in [6.45, 7) is 9.32. The lowest BCUT2D eigenvalue weighted by molar-refractivity contribution is -0.158. The number of nitrogens with zero attached hydrogens (tertiary/aromatic N) is 1. The van der Waals surface area contributed by atoms with E-state index in [0.717, 1.165) is 5.56 Å². The van der Waals surface area contributed by atoms with Crippen molar-refractivity contribution in [1.82, 2.24) is 10.2 Å². The first-order valence-electron chi connectivity index (χ1n) is 8.96. The van der Waals surface area contributed by atoms with Gasteiger partial charge >= 0.3 is 5.97 Å². The van der Waals surface area contributed by atoms with E-state index in [-0.39, 0.29) is 12.5 Å². The molecule has 3 atom stereocenters. The number of carbonyl (C=O) groups excluding carboxylic acids is 3. The molecule has 0 aliphatic carbocycles. The number of rotatable bonds is 7. The number of nitrogens with one attached hydrogen (secondary N) is 1. The molecule has 0 aliphatic heterocycles. The van der Waals surface area contributed by atoms with Crippen LogP contribution in [0.3, 0.4) is 0 Å². The normalized spacial score (nSPS) is 14.6. The predicted molar refractivity (Wildman–Crippen MR) is 102 cm³/mol. The fraction of sp³-hybridized carbons (Fsp3) is 0.550. The molecule has 0 fully saturated rings. The summed E-state index contributed by atoms with van der Waals surface area (Å²) in [6.07, 6.45) is 0. The molecule has 1 aromatic carbocycles. The standard InChI is InChI=1S/C20H30N2O5/c1-13(19(26)27-20(4,5)6)21-18(25)14(2)22(15(3)24)17(12-23)16-10-8-7-9-11-16/h7-11,13-14,17,23H,12H2,1-6H3,(H,21,25)/t13-,14-,17?/m0/s1. The van der Waals surface area contributed by atoms with Crippen LogP contribution in [0.25, 0.3) is 0 Å². The summed E-state index contributed by atoms with van der Waals surface area (Å²) in [7, 11) is 0. The van der Waals surface area contributed by atoms with E-state index >= 15 is 0 Å². The van der Waals surface area contributed by atoms with E-state index in [9.17, 15) is 19.5 Å². The number of esters is 1. The second-order valence-electron chi connectivity index (χ2n) is 7.48. The third-order valence-corrected chi connectivity index (χ3v) is 3.97. The van der Waals surface area contributed by atoms with Gasteiger partial charge in [-0.1, -0.05) is 30.3 Å². The Morgan fingerprint density at radius 1 is 1.15 bits per heavy atom. The summed E-state index contributed by atoms with van der Waals surface area (Å²) >= 11 is 0. The molecule has 0 aliphatic rings. The van der Waals surface area contributed by atoms with Crippen LogP contribution in [0.5, 0.6) is 0 Å². The SMILES string of the molecule is CC(=O)N(C(CO)c1ccccc1)[C@@H](C)C(=O)N[C@@H](C)C(=O)OC(C)(C)C. The zero-order valence-electron chi connectivity index (χ0n) is 16.9. The molecule has 7 heteroatoms.